The van der Waals surface area contributed by atoms with Gasteiger partial charge in [-0.15, -0.1) is 0 Å². The Morgan fingerprint density at radius 3 is 1.47 bits per heavy atom. The first-order valence-electron chi connectivity index (χ1n) is 8.59. The Labute approximate surface area is 197 Å². The molecule has 218 valence electrons. The highest BCUT2D eigenvalue weighted by molar-refractivity contribution is 5.94. The van der Waals surface area contributed by atoms with Gasteiger partial charge in [0, 0.05) is 0 Å². The summed E-state index contributed by atoms with van der Waals surface area (Å²) in [5.74, 6) is -20.6. The molecule has 38 heavy (non-hydrogen) atoms. The maximum atomic E-state index is 14.0. The standard InChI is InChI=1S/C16H7F15O7/c17-9(18)11(20,38-16(30,31)13(23,24)14(25,26)27)15(28,29)37-10(19)12(21,22)36-6-2-4(7(32)33)1-5(3-6)8(34)35/h1-3,9-10H,(H,32,33)(H,34,35). The first kappa shape index (κ1) is 32.9. The fraction of sp³-hybridized carbons (Fsp3) is 0.500. The molecule has 2 atom stereocenters. The van der Waals surface area contributed by atoms with Crippen molar-refractivity contribution in [3.05, 3.63) is 29.3 Å². The molecule has 1 rings (SSSR count). The van der Waals surface area contributed by atoms with Gasteiger partial charge in [0.05, 0.1) is 11.1 Å². The lowest BCUT2D eigenvalue weighted by molar-refractivity contribution is -0.519. The topological polar surface area (TPSA) is 102 Å². The van der Waals surface area contributed by atoms with Gasteiger partial charge in [-0.05, 0) is 18.2 Å². The van der Waals surface area contributed by atoms with E-state index in [1.165, 1.54) is 0 Å². The molecule has 0 aliphatic carbocycles. The van der Waals surface area contributed by atoms with Gasteiger partial charge in [-0.3, -0.25) is 9.47 Å². The van der Waals surface area contributed by atoms with Gasteiger partial charge < -0.3 is 14.9 Å². The molecule has 0 spiro atoms. The molecule has 0 amide bonds. The smallest absolute Gasteiger partial charge is 0.462 e. The molecule has 2 N–H and O–H groups in total. The number of carbonyl (C=O) groups is 2. The van der Waals surface area contributed by atoms with Crippen molar-refractivity contribution in [3.63, 3.8) is 0 Å². The zero-order chi connectivity index (χ0) is 30.3. The fourth-order valence-corrected chi connectivity index (χ4v) is 2.03. The van der Waals surface area contributed by atoms with Crippen LogP contribution < -0.4 is 4.74 Å². The highest BCUT2D eigenvalue weighted by Gasteiger charge is 2.80. The average molecular weight is 596 g/mol. The minimum atomic E-state index is -7.65. The molecular formula is C16H7F15O7. The summed E-state index contributed by atoms with van der Waals surface area (Å²) in [5.41, 5.74) is -2.34. The van der Waals surface area contributed by atoms with Crippen molar-refractivity contribution in [1.29, 1.82) is 0 Å². The van der Waals surface area contributed by atoms with Gasteiger partial charge in [0.15, 0.2) is 0 Å². The van der Waals surface area contributed by atoms with Gasteiger partial charge in [-0.1, -0.05) is 0 Å². The predicted molar refractivity (Wildman–Crippen MR) is 83.7 cm³/mol. The number of benzene rings is 1. The van der Waals surface area contributed by atoms with E-state index in [1.54, 1.807) is 4.74 Å². The molecule has 1 aromatic carbocycles. The van der Waals surface area contributed by atoms with Crippen LogP contribution >= 0.6 is 0 Å². The van der Waals surface area contributed by atoms with E-state index in [1.807, 2.05) is 0 Å². The SMILES string of the molecule is O=C(O)c1cc(OC(F)(F)C(F)OC(F)(F)C(F)(OC(F)(F)C(F)(F)C(F)(F)F)C(F)F)cc(C(=O)O)c1. The Hall–Kier alpha value is -3.17. The summed E-state index contributed by atoms with van der Waals surface area (Å²) in [4.78, 5) is 21.8. The normalized spacial score (nSPS) is 16.2. The third-order valence-corrected chi connectivity index (χ3v) is 3.85. The van der Waals surface area contributed by atoms with E-state index in [0.29, 0.717) is 6.07 Å². The maximum absolute atomic E-state index is 14.0. The van der Waals surface area contributed by atoms with Crippen LogP contribution in [0.3, 0.4) is 0 Å². The molecule has 0 heterocycles. The summed E-state index contributed by atoms with van der Waals surface area (Å²) in [6.07, 6.45) is -39.4. The van der Waals surface area contributed by atoms with Crippen LogP contribution in [0, 0.1) is 0 Å². The Morgan fingerprint density at radius 2 is 1.13 bits per heavy atom. The molecule has 7 nitrogen and oxygen atoms in total. The van der Waals surface area contributed by atoms with E-state index in [4.69, 9.17) is 10.2 Å². The van der Waals surface area contributed by atoms with Crippen molar-refractivity contribution in [1.82, 2.24) is 0 Å². The van der Waals surface area contributed by atoms with Crippen LogP contribution in [0.1, 0.15) is 20.7 Å². The van der Waals surface area contributed by atoms with Gasteiger partial charge in [0.25, 0.3) is 0 Å². The van der Waals surface area contributed by atoms with Crippen LogP contribution in [0.2, 0.25) is 0 Å². The van der Waals surface area contributed by atoms with E-state index in [0.717, 1.165) is 0 Å². The van der Waals surface area contributed by atoms with Crippen LogP contribution in [0.15, 0.2) is 18.2 Å². The van der Waals surface area contributed by atoms with E-state index < -0.39 is 77.9 Å². The number of hydrogen-bond donors (Lipinski definition) is 2. The van der Waals surface area contributed by atoms with E-state index in [-0.39, 0.29) is 12.1 Å². The Morgan fingerprint density at radius 1 is 0.711 bits per heavy atom. The average Bonchev–Trinajstić information content (AvgIpc) is 2.71. The molecule has 0 bridgehead atoms. The molecule has 1 aromatic rings. The zero-order valence-corrected chi connectivity index (χ0v) is 17.0. The minimum absolute atomic E-state index is 0.00897. The fourth-order valence-electron chi connectivity index (χ4n) is 2.03. The van der Waals surface area contributed by atoms with Crippen LogP contribution in [0.5, 0.6) is 5.75 Å². The van der Waals surface area contributed by atoms with Crippen molar-refractivity contribution in [2.75, 3.05) is 0 Å². The Kier molecular flexibility index (Phi) is 8.81. The molecule has 0 saturated carbocycles. The molecule has 0 aromatic heterocycles. The second-order valence-electron chi connectivity index (χ2n) is 6.61. The quantitative estimate of drug-likeness (QED) is 0.299. The van der Waals surface area contributed by atoms with E-state index in [2.05, 4.69) is 9.47 Å². The minimum Gasteiger partial charge on any atom is -0.478 e. The highest BCUT2D eigenvalue weighted by atomic mass is 19.4. The predicted octanol–water partition coefficient (Wildman–Crippen LogP) is 5.70. The number of hydrogen-bond acceptors (Lipinski definition) is 5. The monoisotopic (exact) mass is 596 g/mol. The maximum Gasteiger partial charge on any atom is 0.462 e. The number of aromatic carboxylic acids is 2. The number of rotatable bonds is 12. The van der Waals surface area contributed by atoms with Crippen LogP contribution in [0.25, 0.3) is 0 Å². The third kappa shape index (κ3) is 6.45. The van der Waals surface area contributed by atoms with Crippen molar-refractivity contribution >= 4 is 11.9 Å². The first-order valence-corrected chi connectivity index (χ1v) is 8.59. The first-order chi connectivity index (χ1) is 16.7. The number of alkyl halides is 15. The molecule has 22 heteroatoms. The van der Waals surface area contributed by atoms with Gasteiger partial charge in [-0.25, -0.2) is 22.8 Å². The number of carboxylic acids is 2. The van der Waals surface area contributed by atoms with Gasteiger partial charge in [-0.2, -0.15) is 52.7 Å². The molecule has 0 fully saturated rings. The molecular weight excluding hydrogens is 589 g/mol. The van der Waals surface area contributed by atoms with Crippen molar-refractivity contribution in [2.45, 2.75) is 49.1 Å². The van der Waals surface area contributed by atoms with Crippen molar-refractivity contribution in [3.8, 4) is 5.75 Å². The molecule has 0 saturated heterocycles. The largest absolute Gasteiger partial charge is 0.478 e. The summed E-state index contributed by atoms with van der Waals surface area (Å²) in [6, 6.07) is 0.325. The number of halogens is 15. The molecule has 2 unspecified atom stereocenters. The second kappa shape index (κ2) is 10.2. The number of carboxylic acid groups (broad SMARTS) is 2. The van der Waals surface area contributed by atoms with E-state index >= 15 is 0 Å². The molecule has 0 radical (unpaired) electrons. The summed E-state index contributed by atoms with van der Waals surface area (Å²) in [6.45, 7) is 0. The highest BCUT2D eigenvalue weighted by Crippen LogP contribution is 2.52. The third-order valence-electron chi connectivity index (χ3n) is 3.85. The molecule has 0 aliphatic heterocycles. The Bertz CT molecular complexity index is 1010. The van der Waals surface area contributed by atoms with Crippen LogP contribution in [-0.2, 0) is 9.47 Å². The summed E-state index contributed by atoms with van der Waals surface area (Å²) >= 11 is 0. The van der Waals surface area contributed by atoms with Crippen molar-refractivity contribution < 1.29 is 99.9 Å². The van der Waals surface area contributed by atoms with Crippen molar-refractivity contribution in [2.24, 2.45) is 0 Å². The molecule has 0 aliphatic rings. The lowest BCUT2D eigenvalue weighted by Crippen LogP contribution is -2.63. The second-order valence-corrected chi connectivity index (χ2v) is 6.61. The van der Waals surface area contributed by atoms with Crippen LogP contribution in [-0.4, -0.2) is 71.2 Å². The number of ether oxygens (including phenoxy) is 3. The van der Waals surface area contributed by atoms with Gasteiger partial charge in [0.2, 0.25) is 0 Å². The van der Waals surface area contributed by atoms with E-state index in [9.17, 15) is 75.4 Å². The summed E-state index contributed by atoms with van der Waals surface area (Å²) in [7, 11) is 0. The zero-order valence-electron chi connectivity index (χ0n) is 17.0. The summed E-state index contributed by atoms with van der Waals surface area (Å²) in [5, 5.41) is 17.5. The lowest BCUT2D eigenvalue weighted by Gasteiger charge is -2.37. The van der Waals surface area contributed by atoms with Gasteiger partial charge >= 0.3 is 61.0 Å². The summed E-state index contributed by atoms with van der Waals surface area (Å²) < 4.78 is 204. The van der Waals surface area contributed by atoms with Crippen LogP contribution in [0.4, 0.5) is 65.9 Å². The Balaban J connectivity index is 3.36. The van der Waals surface area contributed by atoms with Gasteiger partial charge in [0.1, 0.15) is 5.75 Å². The lowest BCUT2D eigenvalue weighted by atomic mass is 10.1.